The van der Waals surface area contributed by atoms with Gasteiger partial charge < -0.3 is 10.0 Å². The molecule has 0 fully saturated rings. The zero-order valence-electron chi connectivity index (χ0n) is 11.6. The topological polar surface area (TPSA) is 23.5 Å². The molecule has 2 rings (SSSR count). The molecule has 0 radical (unpaired) electrons. The third-order valence-electron chi connectivity index (χ3n) is 3.11. The van der Waals surface area contributed by atoms with E-state index in [2.05, 4.69) is 25.7 Å². The first kappa shape index (κ1) is 14.5. The van der Waals surface area contributed by atoms with Gasteiger partial charge in [-0.1, -0.05) is 57.2 Å². The maximum absolute atomic E-state index is 9.37. The van der Waals surface area contributed by atoms with Crippen LogP contribution in [0, 0.1) is 0 Å². The Hall–Kier alpha value is -1.54. The molecule has 0 unspecified atom stereocenters. The van der Waals surface area contributed by atoms with Gasteiger partial charge in [0.15, 0.2) is 0 Å². The molecule has 2 aromatic carbocycles. The molecule has 1 N–H and O–H groups in total. The molecule has 0 atom stereocenters. The summed E-state index contributed by atoms with van der Waals surface area (Å²) in [5.74, 6) is 0.350. The lowest BCUT2D eigenvalue weighted by Gasteiger charge is -2.13. The number of nitrogens with zero attached hydrogens (tertiary/aromatic N) is 1. The van der Waals surface area contributed by atoms with Gasteiger partial charge in [0, 0.05) is 5.39 Å². The second-order valence-electron chi connectivity index (χ2n) is 4.12. The zero-order chi connectivity index (χ0) is 13.4. The number of phenolic OH excluding ortho intramolecular Hbond substituents is 1. The minimum atomic E-state index is 0.350. The van der Waals surface area contributed by atoms with Crippen molar-refractivity contribution in [2.45, 2.75) is 20.8 Å². The number of fused-ring (bicyclic) bond motifs is 1. The van der Waals surface area contributed by atoms with Crippen LogP contribution in [0.5, 0.6) is 5.75 Å². The lowest BCUT2D eigenvalue weighted by Crippen LogP contribution is -2.21. The molecule has 0 heterocycles. The summed E-state index contributed by atoms with van der Waals surface area (Å²) in [5, 5.41) is 11.4. The fourth-order valence-electron chi connectivity index (χ4n) is 1.88. The third-order valence-corrected chi connectivity index (χ3v) is 3.11. The molecule has 0 bridgehead atoms. The molecule has 0 saturated carbocycles. The van der Waals surface area contributed by atoms with Gasteiger partial charge in [-0.25, -0.2) is 0 Å². The van der Waals surface area contributed by atoms with Gasteiger partial charge in [0.05, 0.1) is 0 Å². The highest BCUT2D eigenvalue weighted by Gasteiger charge is 1.94. The van der Waals surface area contributed by atoms with E-state index in [0.29, 0.717) is 5.75 Å². The van der Waals surface area contributed by atoms with E-state index in [0.717, 1.165) is 10.8 Å². The van der Waals surface area contributed by atoms with Crippen LogP contribution in [0.2, 0.25) is 0 Å². The summed E-state index contributed by atoms with van der Waals surface area (Å²) in [5.41, 5.74) is 0. The van der Waals surface area contributed by atoms with Crippen LogP contribution in [0.3, 0.4) is 0 Å². The minimum Gasteiger partial charge on any atom is -0.507 e. The first-order valence-corrected chi connectivity index (χ1v) is 6.61. The van der Waals surface area contributed by atoms with E-state index < -0.39 is 0 Å². The second kappa shape index (κ2) is 7.72. The fraction of sp³-hybridized carbons (Fsp3) is 0.375. The molecule has 0 aliphatic rings. The van der Waals surface area contributed by atoms with Crippen molar-refractivity contribution in [2.75, 3.05) is 19.6 Å². The van der Waals surface area contributed by atoms with Gasteiger partial charge in [-0.15, -0.1) is 0 Å². The van der Waals surface area contributed by atoms with Crippen LogP contribution in [0.1, 0.15) is 20.8 Å². The highest BCUT2D eigenvalue weighted by atomic mass is 16.3. The Morgan fingerprint density at radius 1 is 0.833 bits per heavy atom. The SMILES string of the molecule is CCN(CC)CC.Oc1cccc2ccccc12. The zero-order valence-corrected chi connectivity index (χ0v) is 11.6. The van der Waals surface area contributed by atoms with Crippen molar-refractivity contribution < 1.29 is 5.11 Å². The Morgan fingerprint density at radius 2 is 1.39 bits per heavy atom. The van der Waals surface area contributed by atoms with Gasteiger partial charge in [0.25, 0.3) is 0 Å². The summed E-state index contributed by atoms with van der Waals surface area (Å²) in [6, 6.07) is 13.3. The molecule has 2 heteroatoms. The van der Waals surface area contributed by atoms with Gasteiger partial charge in [-0.05, 0) is 31.1 Å². The van der Waals surface area contributed by atoms with E-state index in [9.17, 15) is 5.11 Å². The molecule has 0 amide bonds. The Balaban J connectivity index is 0.000000203. The molecular weight excluding hydrogens is 222 g/mol. The van der Waals surface area contributed by atoms with E-state index in [4.69, 9.17) is 0 Å². The average molecular weight is 245 g/mol. The summed E-state index contributed by atoms with van der Waals surface area (Å²) in [7, 11) is 0. The predicted molar refractivity (Wildman–Crippen MR) is 79.1 cm³/mol. The fourth-order valence-corrected chi connectivity index (χ4v) is 1.88. The van der Waals surface area contributed by atoms with Crippen LogP contribution >= 0.6 is 0 Å². The number of phenols is 1. The summed E-state index contributed by atoms with van der Waals surface area (Å²) < 4.78 is 0. The van der Waals surface area contributed by atoms with Crippen molar-refractivity contribution in [3.05, 3.63) is 42.5 Å². The quantitative estimate of drug-likeness (QED) is 0.886. The Kier molecular flexibility index (Phi) is 6.23. The van der Waals surface area contributed by atoms with Crippen LogP contribution in [0.25, 0.3) is 10.8 Å². The Bertz CT molecular complexity index is 453. The van der Waals surface area contributed by atoms with E-state index in [1.807, 2.05) is 36.4 Å². The Morgan fingerprint density at radius 3 is 1.89 bits per heavy atom. The van der Waals surface area contributed by atoms with Crippen molar-refractivity contribution in [3.8, 4) is 5.75 Å². The molecule has 2 aromatic rings. The van der Waals surface area contributed by atoms with Crippen molar-refractivity contribution in [1.82, 2.24) is 4.90 Å². The minimum absolute atomic E-state index is 0.350. The van der Waals surface area contributed by atoms with Crippen molar-refractivity contribution in [1.29, 1.82) is 0 Å². The van der Waals surface area contributed by atoms with Gasteiger partial charge >= 0.3 is 0 Å². The standard InChI is InChI=1S/C10H8O.C6H15N/c11-10-7-3-5-8-4-1-2-6-9(8)10;1-4-7(5-2)6-3/h1-7,11H;4-6H2,1-3H3. The molecule has 0 aliphatic carbocycles. The Labute approximate surface area is 110 Å². The van der Waals surface area contributed by atoms with Crippen LogP contribution in [-0.2, 0) is 0 Å². The van der Waals surface area contributed by atoms with Gasteiger partial charge in [0.1, 0.15) is 5.75 Å². The van der Waals surface area contributed by atoms with Crippen molar-refractivity contribution >= 4 is 10.8 Å². The summed E-state index contributed by atoms with van der Waals surface area (Å²) in [6.07, 6.45) is 0. The van der Waals surface area contributed by atoms with E-state index in [1.165, 1.54) is 19.6 Å². The van der Waals surface area contributed by atoms with Crippen molar-refractivity contribution in [3.63, 3.8) is 0 Å². The molecule has 18 heavy (non-hydrogen) atoms. The first-order valence-electron chi connectivity index (χ1n) is 6.61. The number of benzene rings is 2. The van der Waals surface area contributed by atoms with Crippen LogP contribution < -0.4 is 0 Å². The van der Waals surface area contributed by atoms with Gasteiger partial charge in [0.2, 0.25) is 0 Å². The highest BCUT2D eigenvalue weighted by molar-refractivity contribution is 5.87. The normalized spacial score (nSPS) is 10.2. The second-order valence-corrected chi connectivity index (χ2v) is 4.12. The summed E-state index contributed by atoms with van der Waals surface area (Å²) >= 11 is 0. The monoisotopic (exact) mass is 245 g/mol. The highest BCUT2D eigenvalue weighted by Crippen LogP contribution is 2.22. The van der Waals surface area contributed by atoms with Crippen LogP contribution in [0.4, 0.5) is 0 Å². The van der Waals surface area contributed by atoms with Crippen LogP contribution in [0.15, 0.2) is 42.5 Å². The number of aromatic hydroxyl groups is 1. The molecule has 0 aromatic heterocycles. The van der Waals surface area contributed by atoms with E-state index >= 15 is 0 Å². The molecule has 98 valence electrons. The van der Waals surface area contributed by atoms with Crippen LogP contribution in [-0.4, -0.2) is 29.6 Å². The number of rotatable bonds is 3. The predicted octanol–water partition coefficient (Wildman–Crippen LogP) is 3.89. The summed E-state index contributed by atoms with van der Waals surface area (Å²) in [6.45, 7) is 10.1. The first-order chi connectivity index (χ1) is 8.72. The van der Waals surface area contributed by atoms with E-state index in [-0.39, 0.29) is 0 Å². The maximum Gasteiger partial charge on any atom is 0.123 e. The van der Waals surface area contributed by atoms with Gasteiger partial charge in [-0.2, -0.15) is 0 Å². The molecule has 0 aliphatic heterocycles. The summed E-state index contributed by atoms with van der Waals surface area (Å²) in [4.78, 5) is 2.38. The molecular formula is C16H23NO. The lowest BCUT2D eigenvalue weighted by atomic mass is 10.1. The lowest BCUT2D eigenvalue weighted by molar-refractivity contribution is 0.321. The molecule has 0 spiro atoms. The van der Waals surface area contributed by atoms with E-state index in [1.54, 1.807) is 6.07 Å². The maximum atomic E-state index is 9.37. The third kappa shape index (κ3) is 4.04. The average Bonchev–Trinajstić information content (AvgIpc) is 2.42. The molecule has 0 saturated heterocycles. The number of hydrogen-bond acceptors (Lipinski definition) is 2. The molecule has 2 nitrogen and oxygen atoms in total. The smallest absolute Gasteiger partial charge is 0.123 e. The van der Waals surface area contributed by atoms with Gasteiger partial charge in [-0.3, -0.25) is 0 Å². The largest absolute Gasteiger partial charge is 0.507 e. The van der Waals surface area contributed by atoms with Crippen molar-refractivity contribution in [2.24, 2.45) is 0 Å². The number of hydrogen-bond donors (Lipinski definition) is 1.